The number of fused-ring (bicyclic) bond motifs is 1. The van der Waals surface area contributed by atoms with Crippen LogP contribution in [0, 0.1) is 11.6 Å². The number of nitrogens with zero attached hydrogens (tertiary/aromatic N) is 2. The SMILES string of the molecule is COc1ccc(CN2CCN(Cc3ccc(C(=O)Nc4c(C(N)=O)oc5c(F)cc(F)cc45)o3)CC2)cc1. The normalized spacial score (nSPS) is 14.6. The Morgan fingerprint density at radius 1 is 0.974 bits per heavy atom. The number of carbonyl (C=O) groups is 2. The Kier molecular flexibility index (Phi) is 7.12. The van der Waals surface area contributed by atoms with Crippen molar-refractivity contribution < 1.29 is 31.9 Å². The first-order valence-corrected chi connectivity index (χ1v) is 12.0. The van der Waals surface area contributed by atoms with E-state index in [2.05, 4.69) is 27.2 Å². The van der Waals surface area contributed by atoms with Crippen molar-refractivity contribution in [3.63, 3.8) is 0 Å². The molecule has 2 amide bonds. The van der Waals surface area contributed by atoms with Crippen molar-refractivity contribution >= 4 is 28.5 Å². The van der Waals surface area contributed by atoms with Gasteiger partial charge in [-0.2, -0.15) is 0 Å². The van der Waals surface area contributed by atoms with Crippen LogP contribution < -0.4 is 15.8 Å². The fourth-order valence-corrected chi connectivity index (χ4v) is 4.50. The molecular weight excluding hydrogens is 498 g/mol. The molecule has 1 aliphatic heterocycles. The molecular formula is C27H26F2N4O5. The standard InChI is InChI=1S/C27H26F2N4O5/c1-36-18-4-2-16(3-5-18)14-32-8-10-33(11-9-32)15-19-6-7-22(37-19)27(35)31-23-20-12-17(28)13-21(29)24(20)38-25(23)26(30)34/h2-7,12-13H,8-11,14-15H2,1H3,(H2,30,34)(H,31,35). The zero-order valence-corrected chi connectivity index (χ0v) is 20.6. The van der Waals surface area contributed by atoms with Crippen molar-refractivity contribution in [1.29, 1.82) is 0 Å². The molecule has 1 fully saturated rings. The van der Waals surface area contributed by atoms with Crippen LogP contribution in [0.1, 0.15) is 32.4 Å². The molecule has 2 aromatic carbocycles. The van der Waals surface area contributed by atoms with Crippen LogP contribution in [0.4, 0.5) is 14.5 Å². The van der Waals surface area contributed by atoms with E-state index in [0.29, 0.717) is 18.4 Å². The van der Waals surface area contributed by atoms with E-state index in [9.17, 15) is 18.4 Å². The van der Waals surface area contributed by atoms with Gasteiger partial charge in [0, 0.05) is 38.8 Å². The average molecular weight is 525 g/mol. The lowest BCUT2D eigenvalue weighted by Gasteiger charge is -2.34. The topological polar surface area (TPSA) is 114 Å². The zero-order chi connectivity index (χ0) is 26.8. The first-order chi connectivity index (χ1) is 18.3. The van der Waals surface area contributed by atoms with E-state index in [0.717, 1.165) is 44.5 Å². The largest absolute Gasteiger partial charge is 0.497 e. The summed E-state index contributed by atoms with van der Waals surface area (Å²) < 4.78 is 44.0. The maximum atomic E-state index is 14.1. The third kappa shape index (κ3) is 5.38. The van der Waals surface area contributed by atoms with Gasteiger partial charge in [-0.05, 0) is 35.9 Å². The number of halogens is 2. The van der Waals surface area contributed by atoms with Crippen LogP contribution in [-0.4, -0.2) is 54.9 Å². The van der Waals surface area contributed by atoms with E-state index in [1.807, 2.05) is 12.1 Å². The lowest BCUT2D eigenvalue weighted by Crippen LogP contribution is -2.45. The second kappa shape index (κ2) is 10.6. The highest BCUT2D eigenvalue weighted by molar-refractivity contribution is 6.13. The summed E-state index contributed by atoms with van der Waals surface area (Å²) in [5, 5.41) is 2.33. The van der Waals surface area contributed by atoms with Crippen LogP contribution in [0.3, 0.4) is 0 Å². The summed E-state index contributed by atoms with van der Waals surface area (Å²) in [4.78, 5) is 29.3. The number of primary amides is 1. The van der Waals surface area contributed by atoms with Crippen molar-refractivity contribution in [3.05, 3.63) is 83.0 Å². The molecule has 3 heterocycles. The van der Waals surface area contributed by atoms with Crippen LogP contribution in [0.25, 0.3) is 11.0 Å². The molecule has 2 aromatic heterocycles. The van der Waals surface area contributed by atoms with Crippen molar-refractivity contribution in [2.24, 2.45) is 5.73 Å². The Balaban J connectivity index is 1.20. The molecule has 0 unspecified atom stereocenters. The smallest absolute Gasteiger partial charge is 0.291 e. The number of ether oxygens (including phenoxy) is 1. The number of furan rings is 2. The Morgan fingerprint density at radius 3 is 2.32 bits per heavy atom. The summed E-state index contributed by atoms with van der Waals surface area (Å²) in [6.07, 6.45) is 0. The van der Waals surface area contributed by atoms with Gasteiger partial charge in [-0.25, -0.2) is 8.78 Å². The fourth-order valence-electron chi connectivity index (χ4n) is 4.50. The third-order valence-electron chi connectivity index (χ3n) is 6.47. The molecule has 9 nitrogen and oxygen atoms in total. The first-order valence-electron chi connectivity index (χ1n) is 12.0. The molecule has 5 rings (SSSR count). The maximum Gasteiger partial charge on any atom is 0.291 e. The van der Waals surface area contributed by atoms with Crippen molar-refractivity contribution in [2.45, 2.75) is 13.1 Å². The lowest BCUT2D eigenvalue weighted by atomic mass is 10.2. The van der Waals surface area contributed by atoms with Crippen LogP contribution in [-0.2, 0) is 13.1 Å². The number of carbonyl (C=O) groups excluding carboxylic acids is 2. The van der Waals surface area contributed by atoms with Crippen LogP contribution in [0.15, 0.2) is 57.4 Å². The minimum Gasteiger partial charge on any atom is -0.497 e. The molecule has 38 heavy (non-hydrogen) atoms. The van der Waals surface area contributed by atoms with Crippen molar-refractivity contribution in [3.8, 4) is 5.75 Å². The number of hydrogen-bond acceptors (Lipinski definition) is 7. The van der Waals surface area contributed by atoms with Gasteiger partial charge in [0.05, 0.1) is 19.0 Å². The lowest BCUT2D eigenvalue weighted by molar-refractivity contribution is 0.0976. The van der Waals surface area contributed by atoms with Gasteiger partial charge in [-0.3, -0.25) is 19.4 Å². The van der Waals surface area contributed by atoms with Gasteiger partial charge >= 0.3 is 0 Å². The number of piperazine rings is 1. The summed E-state index contributed by atoms with van der Waals surface area (Å²) in [5.41, 5.74) is 5.93. The summed E-state index contributed by atoms with van der Waals surface area (Å²) in [6.45, 7) is 4.80. The Labute approximate surface area is 216 Å². The summed E-state index contributed by atoms with van der Waals surface area (Å²) in [6, 6.07) is 12.8. The van der Waals surface area contributed by atoms with Gasteiger partial charge in [-0.15, -0.1) is 0 Å². The predicted molar refractivity (Wildman–Crippen MR) is 135 cm³/mol. The van der Waals surface area contributed by atoms with Crippen LogP contribution in [0.2, 0.25) is 0 Å². The predicted octanol–water partition coefficient (Wildman–Crippen LogP) is 3.98. The minimum atomic E-state index is -1.04. The van der Waals surface area contributed by atoms with E-state index < -0.39 is 29.2 Å². The number of hydrogen-bond donors (Lipinski definition) is 2. The molecule has 0 aliphatic carbocycles. The van der Waals surface area contributed by atoms with Gasteiger partial charge in [0.15, 0.2) is 17.2 Å². The molecule has 1 saturated heterocycles. The quantitative estimate of drug-likeness (QED) is 0.358. The minimum absolute atomic E-state index is 0.0280. The molecule has 0 bridgehead atoms. The molecule has 11 heteroatoms. The van der Waals surface area contributed by atoms with Gasteiger partial charge in [0.2, 0.25) is 5.76 Å². The van der Waals surface area contributed by atoms with Crippen molar-refractivity contribution in [2.75, 3.05) is 38.6 Å². The summed E-state index contributed by atoms with van der Waals surface area (Å²) in [5.74, 6) is -2.77. The van der Waals surface area contributed by atoms with E-state index >= 15 is 0 Å². The maximum absolute atomic E-state index is 14.1. The molecule has 0 radical (unpaired) electrons. The van der Waals surface area contributed by atoms with E-state index in [-0.39, 0.29) is 22.4 Å². The molecule has 3 N–H and O–H groups in total. The first kappa shape index (κ1) is 25.4. The highest BCUT2D eigenvalue weighted by atomic mass is 19.1. The number of amides is 2. The molecule has 1 aliphatic rings. The van der Waals surface area contributed by atoms with Gasteiger partial charge in [-0.1, -0.05) is 12.1 Å². The molecule has 0 saturated carbocycles. The number of benzene rings is 2. The van der Waals surface area contributed by atoms with Crippen molar-refractivity contribution in [1.82, 2.24) is 9.80 Å². The molecule has 4 aromatic rings. The number of nitrogens with one attached hydrogen (secondary N) is 1. The second-order valence-corrected chi connectivity index (χ2v) is 9.06. The second-order valence-electron chi connectivity index (χ2n) is 9.06. The van der Waals surface area contributed by atoms with Gasteiger partial charge < -0.3 is 24.6 Å². The Morgan fingerprint density at radius 2 is 1.66 bits per heavy atom. The highest BCUT2D eigenvalue weighted by Crippen LogP contribution is 2.33. The summed E-state index contributed by atoms with van der Waals surface area (Å²) >= 11 is 0. The van der Waals surface area contributed by atoms with Gasteiger partial charge in [0.25, 0.3) is 11.8 Å². The highest BCUT2D eigenvalue weighted by Gasteiger charge is 2.25. The van der Waals surface area contributed by atoms with Crippen LogP contribution in [0.5, 0.6) is 5.75 Å². The number of nitrogens with two attached hydrogens (primary N) is 1. The molecule has 0 spiro atoms. The van der Waals surface area contributed by atoms with E-state index in [4.69, 9.17) is 19.3 Å². The number of anilines is 1. The zero-order valence-electron chi connectivity index (χ0n) is 20.6. The van der Waals surface area contributed by atoms with E-state index in [1.54, 1.807) is 13.2 Å². The van der Waals surface area contributed by atoms with Crippen LogP contribution >= 0.6 is 0 Å². The molecule has 198 valence electrons. The summed E-state index contributed by atoms with van der Waals surface area (Å²) in [7, 11) is 1.65. The Hall–Kier alpha value is -4.22. The van der Waals surface area contributed by atoms with E-state index in [1.165, 1.54) is 11.6 Å². The number of rotatable bonds is 8. The third-order valence-corrected chi connectivity index (χ3v) is 6.47. The molecule has 0 atom stereocenters. The Bertz CT molecular complexity index is 1470. The fraction of sp³-hybridized carbons (Fsp3) is 0.259. The van der Waals surface area contributed by atoms with Gasteiger partial charge in [0.1, 0.15) is 23.0 Å². The average Bonchev–Trinajstić information content (AvgIpc) is 3.51. The number of methoxy groups -OCH3 is 1. The monoisotopic (exact) mass is 524 g/mol.